The molecule has 0 aliphatic carbocycles. The smallest absolute Gasteiger partial charge is 0.344 e. The van der Waals surface area contributed by atoms with Crippen LogP contribution in [0.2, 0.25) is 0 Å². The van der Waals surface area contributed by atoms with E-state index in [1.807, 2.05) is 19.9 Å². The summed E-state index contributed by atoms with van der Waals surface area (Å²) in [4.78, 5) is 23.5. The van der Waals surface area contributed by atoms with Gasteiger partial charge in [0, 0.05) is 11.6 Å². The van der Waals surface area contributed by atoms with E-state index in [9.17, 15) is 18.4 Å². The van der Waals surface area contributed by atoms with Crippen LogP contribution >= 0.6 is 0 Å². The van der Waals surface area contributed by atoms with Crippen LogP contribution in [0.3, 0.4) is 0 Å². The van der Waals surface area contributed by atoms with E-state index < -0.39 is 36.2 Å². The van der Waals surface area contributed by atoms with Gasteiger partial charge in [-0.15, -0.1) is 0 Å². The average Bonchev–Trinajstić information content (AvgIpc) is 2.60. The number of rotatable bonds is 7. The third-order valence-electron chi connectivity index (χ3n) is 4.01. The minimum Gasteiger partial charge on any atom is -0.482 e. The van der Waals surface area contributed by atoms with Crippen molar-refractivity contribution >= 4 is 11.9 Å². The van der Waals surface area contributed by atoms with Crippen LogP contribution in [0.25, 0.3) is 0 Å². The number of halogens is 2. The molecule has 1 amide bonds. The Balaban J connectivity index is 1.77. The van der Waals surface area contributed by atoms with E-state index in [1.165, 1.54) is 6.07 Å². The zero-order valence-corrected chi connectivity index (χ0v) is 15.3. The van der Waals surface area contributed by atoms with Crippen LogP contribution in [-0.2, 0) is 14.3 Å². The van der Waals surface area contributed by atoms with Crippen molar-refractivity contribution in [1.29, 1.82) is 0 Å². The quantitative estimate of drug-likeness (QED) is 0.752. The lowest BCUT2D eigenvalue weighted by molar-refractivity contribution is -0.150. The number of esters is 1. The lowest BCUT2D eigenvalue weighted by atomic mass is 10.1. The van der Waals surface area contributed by atoms with Crippen molar-refractivity contribution < 1.29 is 27.8 Å². The zero-order valence-electron chi connectivity index (χ0n) is 15.3. The van der Waals surface area contributed by atoms with E-state index in [1.54, 1.807) is 19.1 Å². The van der Waals surface area contributed by atoms with E-state index in [0.29, 0.717) is 5.75 Å². The monoisotopic (exact) mass is 377 g/mol. The Bertz CT molecular complexity index is 839. The standard InChI is InChI=1S/C20H21F2NO4/c1-12-4-6-16(8-13(12)2)26-11-20(25)27-10-19(24)23-14(3)17-7-5-15(21)9-18(17)22/h4-9,14H,10-11H2,1-3H3,(H,23,24)/t14-/m1/s1. The topological polar surface area (TPSA) is 64.6 Å². The van der Waals surface area contributed by atoms with E-state index >= 15 is 0 Å². The first kappa shape index (κ1) is 20.4. The normalized spacial score (nSPS) is 11.6. The molecular formula is C20H21F2NO4. The Hall–Kier alpha value is -2.96. The lowest BCUT2D eigenvalue weighted by Crippen LogP contribution is -2.32. The van der Waals surface area contributed by atoms with Crippen molar-refractivity contribution in [2.45, 2.75) is 26.8 Å². The van der Waals surface area contributed by atoms with Gasteiger partial charge in [-0.1, -0.05) is 12.1 Å². The van der Waals surface area contributed by atoms with Gasteiger partial charge in [0.2, 0.25) is 0 Å². The van der Waals surface area contributed by atoms with E-state index in [4.69, 9.17) is 9.47 Å². The van der Waals surface area contributed by atoms with Crippen LogP contribution in [-0.4, -0.2) is 25.1 Å². The molecular weight excluding hydrogens is 356 g/mol. The number of hydrogen-bond acceptors (Lipinski definition) is 4. The number of hydrogen-bond donors (Lipinski definition) is 1. The number of aryl methyl sites for hydroxylation is 2. The second-order valence-corrected chi connectivity index (χ2v) is 6.15. The number of benzene rings is 2. The molecule has 0 radical (unpaired) electrons. The van der Waals surface area contributed by atoms with Gasteiger partial charge in [0.25, 0.3) is 5.91 Å². The predicted octanol–water partition coefficient (Wildman–Crippen LogP) is 3.38. The fraction of sp³-hybridized carbons (Fsp3) is 0.300. The van der Waals surface area contributed by atoms with E-state index in [-0.39, 0.29) is 12.2 Å². The number of ether oxygens (including phenoxy) is 2. The zero-order chi connectivity index (χ0) is 20.0. The fourth-order valence-electron chi connectivity index (χ4n) is 2.35. The molecule has 2 rings (SSSR count). The maximum Gasteiger partial charge on any atom is 0.344 e. The largest absolute Gasteiger partial charge is 0.482 e. The number of amides is 1. The van der Waals surface area contributed by atoms with Crippen LogP contribution in [0, 0.1) is 25.5 Å². The first-order valence-electron chi connectivity index (χ1n) is 8.36. The molecule has 2 aromatic rings. The van der Waals surface area contributed by atoms with Crippen molar-refractivity contribution in [2.75, 3.05) is 13.2 Å². The van der Waals surface area contributed by atoms with Gasteiger partial charge in [-0.3, -0.25) is 4.79 Å². The van der Waals surface area contributed by atoms with E-state index in [0.717, 1.165) is 23.3 Å². The van der Waals surface area contributed by atoms with Gasteiger partial charge in [0.15, 0.2) is 13.2 Å². The lowest BCUT2D eigenvalue weighted by Gasteiger charge is -2.15. The summed E-state index contributed by atoms with van der Waals surface area (Å²) in [5, 5.41) is 2.48. The second-order valence-electron chi connectivity index (χ2n) is 6.15. The third kappa shape index (κ3) is 6.06. The van der Waals surface area contributed by atoms with Gasteiger partial charge < -0.3 is 14.8 Å². The van der Waals surface area contributed by atoms with E-state index in [2.05, 4.69) is 5.32 Å². The Morgan fingerprint density at radius 2 is 1.78 bits per heavy atom. The summed E-state index contributed by atoms with van der Waals surface area (Å²) >= 11 is 0. The molecule has 0 aliphatic rings. The second kappa shape index (κ2) is 9.12. The molecule has 144 valence electrons. The highest BCUT2D eigenvalue weighted by Gasteiger charge is 2.15. The molecule has 1 N–H and O–H groups in total. The molecule has 0 saturated heterocycles. The highest BCUT2D eigenvalue weighted by molar-refractivity contribution is 5.81. The molecule has 7 heteroatoms. The molecule has 0 bridgehead atoms. The minimum atomic E-state index is -0.762. The van der Waals surface area contributed by atoms with Crippen molar-refractivity contribution in [1.82, 2.24) is 5.32 Å². The summed E-state index contributed by atoms with van der Waals surface area (Å²) in [6, 6.07) is 7.80. The summed E-state index contributed by atoms with van der Waals surface area (Å²) in [6.07, 6.45) is 0. The Kier molecular flexibility index (Phi) is 6.87. The van der Waals surface area contributed by atoms with Crippen molar-refractivity contribution in [2.24, 2.45) is 0 Å². The number of carbonyl (C=O) groups excluding carboxylic acids is 2. The molecule has 1 atom stereocenters. The Morgan fingerprint density at radius 3 is 2.44 bits per heavy atom. The van der Waals surface area contributed by atoms with Gasteiger partial charge >= 0.3 is 5.97 Å². The number of nitrogens with one attached hydrogen (secondary N) is 1. The van der Waals surface area contributed by atoms with Gasteiger partial charge in [-0.05, 0) is 50.1 Å². The van der Waals surface area contributed by atoms with Crippen LogP contribution in [0.5, 0.6) is 5.75 Å². The first-order valence-corrected chi connectivity index (χ1v) is 8.36. The molecule has 5 nitrogen and oxygen atoms in total. The molecule has 2 aromatic carbocycles. The minimum absolute atomic E-state index is 0.133. The Morgan fingerprint density at radius 1 is 1.04 bits per heavy atom. The van der Waals surface area contributed by atoms with Gasteiger partial charge in [-0.25, -0.2) is 13.6 Å². The summed E-state index contributed by atoms with van der Waals surface area (Å²) in [5.41, 5.74) is 2.27. The molecule has 0 aromatic heterocycles. The molecule has 0 spiro atoms. The molecule has 27 heavy (non-hydrogen) atoms. The van der Waals surface area contributed by atoms with Crippen LogP contribution in [0.1, 0.15) is 29.7 Å². The molecule has 0 fully saturated rings. The molecule has 0 saturated carbocycles. The average molecular weight is 377 g/mol. The van der Waals surface area contributed by atoms with Crippen LogP contribution in [0.4, 0.5) is 8.78 Å². The van der Waals surface area contributed by atoms with Gasteiger partial charge in [0.05, 0.1) is 6.04 Å². The summed E-state index contributed by atoms with van der Waals surface area (Å²) < 4.78 is 36.8. The molecule has 0 heterocycles. The highest BCUT2D eigenvalue weighted by atomic mass is 19.1. The summed E-state index contributed by atoms with van der Waals surface area (Å²) in [6.45, 7) is 4.57. The summed E-state index contributed by atoms with van der Waals surface area (Å²) in [7, 11) is 0. The number of carbonyl (C=O) groups is 2. The van der Waals surface area contributed by atoms with Crippen molar-refractivity contribution in [3.63, 3.8) is 0 Å². The molecule has 0 aliphatic heterocycles. The van der Waals surface area contributed by atoms with Gasteiger partial charge in [-0.2, -0.15) is 0 Å². The Labute approximate surface area is 156 Å². The van der Waals surface area contributed by atoms with Crippen molar-refractivity contribution in [3.8, 4) is 5.75 Å². The predicted molar refractivity (Wildman–Crippen MR) is 95.3 cm³/mol. The van der Waals surface area contributed by atoms with Gasteiger partial charge in [0.1, 0.15) is 17.4 Å². The highest BCUT2D eigenvalue weighted by Crippen LogP contribution is 2.18. The summed E-state index contributed by atoms with van der Waals surface area (Å²) in [5.74, 6) is -2.25. The maximum atomic E-state index is 13.7. The van der Waals surface area contributed by atoms with Crippen LogP contribution in [0.15, 0.2) is 36.4 Å². The fourth-order valence-corrected chi connectivity index (χ4v) is 2.35. The SMILES string of the molecule is Cc1ccc(OCC(=O)OCC(=O)N[C@H](C)c2ccc(F)cc2F)cc1C. The maximum absolute atomic E-state index is 13.7. The molecule has 0 unspecified atom stereocenters. The van der Waals surface area contributed by atoms with Crippen LogP contribution < -0.4 is 10.1 Å². The third-order valence-corrected chi connectivity index (χ3v) is 4.01. The van der Waals surface area contributed by atoms with Crippen molar-refractivity contribution in [3.05, 3.63) is 64.7 Å². The first-order chi connectivity index (χ1) is 12.8.